The van der Waals surface area contributed by atoms with Gasteiger partial charge >= 0.3 is 0 Å². The molecule has 0 N–H and O–H groups in total. The van der Waals surface area contributed by atoms with E-state index in [1.54, 1.807) is 18.6 Å². The summed E-state index contributed by atoms with van der Waals surface area (Å²) in [6.45, 7) is 0. The van der Waals surface area contributed by atoms with Crippen LogP contribution < -0.4 is 0 Å². The maximum atomic E-state index is 13.5. The van der Waals surface area contributed by atoms with Gasteiger partial charge in [0.2, 0.25) is 0 Å². The zero-order chi connectivity index (χ0) is 22.2. The highest BCUT2D eigenvalue weighted by atomic mass is 16.2. The molecule has 0 radical (unpaired) electrons. The van der Waals surface area contributed by atoms with Crippen molar-refractivity contribution >= 4 is 16.7 Å². The molecule has 33 heavy (non-hydrogen) atoms. The fourth-order valence-corrected chi connectivity index (χ4v) is 5.76. The largest absolute Gasteiger partial charge is 0.333 e. The topological polar surface area (TPSA) is 71.9 Å². The minimum absolute atomic E-state index is 0.121. The van der Waals surface area contributed by atoms with Crippen LogP contribution in [0.3, 0.4) is 0 Å². The Morgan fingerprint density at radius 1 is 0.939 bits per heavy atom. The molecular formula is C27H25N5O. The molecule has 2 fully saturated rings. The monoisotopic (exact) mass is 435 g/mol. The van der Waals surface area contributed by atoms with E-state index in [1.165, 1.54) is 22.7 Å². The highest BCUT2D eigenvalue weighted by Crippen LogP contribution is 2.41. The Balaban J connectivity index is 1.21. The van der Waals surface area contributed by atoms with Crippen LogP contribution in [-0.2, 0) is 6.42 Å². The molecule has 2 aliphatic rings. The Morgan fingerprint density at radius 2 is 1.76 bits per heavy atom. The molecule has 2 saturated heterocycles. The molecule has 2 aliphatic heterocycles. The van der Waals surface area contributed by atoms with Gasteiger partial charge in [0.25, 0.3) is 5.91 Å². The first-order valence-corrected chi connectivity index (χ1v) is 11.6. The Kier molecular flexibility index (Phi) is 5.06. The van der Waals surface area contributed by atoms with Crippen molar-refractivity contribution in [1.82, 2.24) is 24.8 Å². The molecule has 4 aromatic rings. The van der Waals surface area contributed by atoms with E-state index < -0.39 is 0 Å². The van der Waals surface area contributed by atoms with E-state index in [0.29, 0.717) is 23.6 Å². The average Bonchev–Trinajstić information content (AvgIpc) is 3.14. The van der Waals surface area contributed by atoms with Gasteiger partial charge in [0.15, 0.2) is 0 Å². The third-order valence-electron chi connectivity index (χ3n) is 7.21. The number of amides is 1. The molecule has 6 nitrogen and oxygen atoms in total. The summed E-state index contributed by atoms with van der Waals surface area (Å²) in [5.74, 6) is 0.711. The number of pyridine rings is 2. The Morgan fingerprint density at radius 3 is 2.58 bits per heavy atom. The van der Waals surface area contributed by atoms with Gasteiger partial charge in [0.05, 0.1) is 5.69 Å². The van der Waals surface area contributed by atoms with Gasteiger partial charge in [-0.15, -0.1) is 0 Å². The quantitative estimate of drug-likeness (QED) is 0.464. The smallest absolute Gasteiger partial charge is 0.254 e. The highest BCUT2D eigenvalue weighted by Gasteiger charge is 2.43. The number of carbonyl (C=O) groups excluding carboxylic acids is 1. The van der Waals surface area contributed by atoms with Gasteiger partial charge in [0, 0.05) is 59.6 Å². The molecule has 0 saturated carbocycles. The van der Waals surface area contributed by atoms with E-state index in [-0.39, 0.29) is 5.91 Å². The van der Waals surface area contributed by atoms with Crippen LogP contribution in [0.1, 0.15) is 41.6 Å². The van der Waals surface area contributed by atoms with Gasteiger partial charge in [-0.1, -0.05) is 18.2 Å². The minimum atomic E-state index is 0.121. The molecule has 2 bridgehead atoms. The molecule has 164 valence electrons. The Hall–Kier alpha value is -3.67. The summed E-state index contributed by atoms with van der Waals surface area (Å²) in [5, 5.41) is 2.50. The second-order valence-electron chi connectivity index (χ2n) is 9.21. The number of rotatable bonds is 4. The van der Waals surface area contributed by atoms with Crippen molar-refractivity contribution in [2.45, 2.75) is 44.2 Å². The maximum absolute atomic E-state index is 13.5. The van der Waals surface area contributed by atoms with E-state index in [4.69, 9.17) is 0 Å². The second-order valence-corrected chi connectivity index (χ2v) is 9.21. The standard InChI is InChI=1S/C27H25N5O/c33-27(21-7-9-31-26(13-21)22-14-29-17-30-15-22)32-23-4-5-24(32)12-18(11-23)10-20-3-1-2-19-6-8-28-16-25(19)20/h1-3,6-9,13-18,23-24H,4-5,10-12H2. The van der Waals surface area contributed by atoms with Crippen LogP contribution in [-0.4, -0.2) is 42.8 Å². The van der Waals surface area contributed by atoms with Crippen LogP contribution in [0.25, 0.3) is 22.0 Å². The number of fused-ring (bicyclic) bond motifs is 3. The SMILES string of the molecule is O=C(c1ccnc(-c2cncnc2)c1)N1C2CCC1CC(Cc1cccc3ccncc13)C2. The van der Waals surface area contributed by atoms with Crippen molar-refractivity contribution in [3.05, 3.63) is 84.8 Å². The summed E-state index contributed by atoms with van der Waals surface area (Å²) >= 11 is 0. The van der Waals surface area contributed by atoms with Crippen molar-refractivity contribution in [1.29, 1.82) is 0 Å². The normalized spacial score (nSPS) is 21.9. The lowest BCUT2D eigenvalue weighted by atomic mass is 9.84. The summed E-state index contributed by atoms with van der Waals surface area (Å²) in [4.78, 5) is 32.6. The molecule has 0 aliphatic carbocycles. The molecule has 0 spiro atoms. The fourth-order valence-electron chi connectivity index (χ4n) is 5.76. The van der Waals surface area contributed by atoms with E-state index in [9.17, 15) is 4.79 Å². The molecule has 1 amide bonds. The maximum Gasteiger partial charge on any atom is 0.254 e. The number of aromatic nitrogens is 4. The van der Waals surface area contributed by atoms with Crippen molar-refractivity contribution in [2.24, 2.45) is 5.92 Å². The zero-order valence-electron chi connectivity index (χ0n) is 18.3. The lowest BCUT2D eigenvalue weighted by molar-refractivity contribution is 0.0524. The number of carbonyl (C=O) groups is 1. The van der Waals surface area contributed by atoms with Crippen molar-refractivity contribution in [3.8, 4) is 11.3 Å². The van der Waals surface area contributed by atoms with Crippen LogP contribution in [0.5, 0.6) is 0 Å². The van der Waals surface area contributed by atoms with Crippen LogP contribution in [0.2, 0.25) is 0 Å². The van der Waals surface area contributed by atoms with Crippen molar-refractivity contribution in [2.75, 3.05) is 0 Å². The predicted molar refractivity (Wildman–Crippen MR) is 126 cm³/mol. The highest BCUT2D eigenvalue weighted by molar-refractivity contribution is 5.95. The third kappa shape index (κ3) is 3.75. The molecule has 2 unspecified atom stereocenters. The predicted octanol–water partition coefficient (Wildman–Crippen LogP) is 4.71. The number of hydrogen-bond acceptors (Lipinski definition) is 5. The van der Waals surface area contributed by atoms with E-state index >= 15 is 0 Å². The Bertz CT molecular complexity index is 1290. The van der Waals surface area contributed by atoms with Gasteiger partial charge in [-0.2, -0.15) is 0 Å². The fraction of sp³-hybridized carbons (Fsp3) is 0.296. The first-order valence-electron chi connectivity index (χ1n) is 11.6. The first kappa shape index (κ1) is 20.0. The summed E-state index contributed by atoms with van der Waals surface area (Å²) < 4.78 is 0. The molecule has 1 aromatic carbocycles. The van der Waals surface area contributed by atoms with Crippen molar-refractivity contribution < 1.29 is 4.79 Å². The van der Waals surface area contributed by atoms with Gasteiger partial charge in [-0.25, -0.2) is 9.97 Å². The van der Waals surface area contributed by atoms with Gasteiger partial charge < -0.3 is 4.90 Å². The number of hydrogen-bond donors (Lipinski definition) is 0. The zero-order valence-corrected chi connectivity index (χ0v) is 18.3. The first-order chi connectivity index (χ1) is 16.3. The van der Waals surface area contributed by atoms with Crippen LogP contribution in [0.4, 0.5) is 0 Å². The summed E-state index contributed by atoms with van der Waals surface area (Å²) in [7, 11) is 0. The Labute approximate surface area is 192 Å². The van der Waals surface area contributed by atoms with E-state index in [0.717, 1.165) is 43.4 Å². The summed E-state index contributed by atoms with van der Waals surface area (Å²) in [5.41, 5.74) is 3.61. The van der Waals surface area contributed by atoms with Gasteiger partial charge in [-0.3, -0.25) is 14.8 Å². The average molecular weight is 436 g/mol. The van der Waals surface area contributed by atoms with Gasteiger partial charge in [0.1, 0.15) is 6.33 Å². The van der Waals surface area contributed by atoms with E-state index in [1.807, 2.05) is 24.5 Å². The summed E-state index contributed by atoms with van der Waals surface area (Å²) in [6, 6.07) is 12.9. The lowest BCUT2D eigenvalue weighted by Crippen LogP contribution is -2.46. The molecule has 3 aromatic heterocycles. The molecule has 5 heterocycles. The second kappa shape index (κ2) is 8.35. The molecular weight excluding hydrogens is 410 g/mol. The van der Waals surface area contributed by atoms with Crippen LogP contribution >= 0.6 is 0 Å². The molecule has 6 rings (SSSR count). The summed E-state index contributed by atoms with van der Waals surface area (Å²) in [6.07, 6.45) is 15.8. The van der Waals surface area contributed by atoms with Crippen LogP contribution in [0.15, 0.2) is 73.7 Å². The van der Waals surface area contributed by atoms with E-state index in [2.05, 4.69) is 49.1 Å². The van der Waals surface area contributed by atoms with Gasteiger partial charge in [-0.05, 0) is 67.2 Å². The third-order valence-corrected chi connectivity index (χ3v) is 7.21. The number of nitrogens with zero attached hydrogens (tertiary/aromatic N) is 5. The lowest BCUT2D eigenvalue weighted by Gasteiger charge is -2.39. The molecule has 6 heteroatoms. The number of benzene rings is 1. The number of piperidine rings is 1. The van der Waals surface area contributed by atoms with Crippen LogP contribution in [0, 0.1) is 5.92 Å². The minimum Gasteiger partial charge on any atom is -0.333 e. The van der Waals surface area contributed by atoms with Crippen molar-refractivity contribution in [3.63, 3.8) is 0 Å². The molecule has 2 atom stereocenters.